The van der Waals surface area contributed by atoms with Gasteiger partial charge in [0.25, 0.3) is 0 Å². The van der Waals surface area contributed by atoms with E-state index in [2.05, 4.69) is 41.5 Å². The first kappa shape index (κ1) is 20.4. The standard InChI is InChI=1S/C10H22.C3H8.C2H6/c1-5-7-9-10(3,4)8-6-2;1-3-2;1-2/h5-9H2,1-4H3;3H2,1-2H3;1-2H3. The van der Waals surface area contributed by atoms with E-state index in [1.165, 1.54) is 38.5 Å². The van der Waals surface area contributed by atoms with Crippen LogP contribution in [0.25, 0.3) is 0 Å². The van der Waals surface area contributed by atoms with E-state index in [1.54, 1.807) is 0 Å². The SMILES string of the molecule is CC.CCC.CCCCC(C)(C)CCC. The fraction of sp³-hybridized carbons (Fsp3) is 1.00. The Morgan fingerprint density at radius 1 is 0.733 bits per heavy atom. The fourth-order valence-electron chi connectivity index (χ4n) is 1.46. The van der Waals surface area contributed by atoms with E-state index in [-0.39, 0.29) is 0 Å². The second kappa shape index (κ2) is 16.4. The van der Waals surface area contributed by atoms with Gasteiger partial charge in [0.1, 0.15) is 0 Å². The van der Waals surface area contributed by atoms with Crippen molar-refractivity contribution in [1.29, 1.82) is 0 Å². The average Bonchev–Trinajstić information content (AvgIpc) is 2.19. The highest BCUT2D eigenvalue weighted by molar-refractivity contribution is 4.66. The molecule has 0 aromatic rings. The molecular formula is C15H36. The molecule has 0 nitrogen and oxygen atoms in total. The molecule has 0 heterocycles. The van der Waals surface area contributed by atoms with Gasteiger partial charge in [0.15, 0.2) is 0 Å². The molecular weight excluding hydrogens is 180 g/mol. The molecule has 0 rings (SSSR count). The van der Waals surface area contributed by atoms with E-state index in [1.807, 2.05) is 13.8 Å². The third kappa shape index (κ3) is 24.9. The van der Waals surface area contributed by atoms with Gasteiger partial charge >= 0.3 is 0 Å². The van der Waals surface area contributed by atoms with Crippen LogP contribution in [-0.2, 0) is 0 Å². The van der Waals surface area contributed by atoms with Crippen LogP contribution in [0.5, 0.6) is 0 Å². The summed E-state index contributed by atoms with van der Waals surface area (Å²) in [5, 5.41) is 0. The Kier molecular flexibility index (Phi) is 22.4. The minimum Gasteiger partial charge on any atom is -0.0683 e. The van der Waals surface area contributed by atoms with Crippen LogP contribution in [0.15, 0.2) is 0 Å². The van der Waals surface area contributed by atoms with E-state index >= 15 is 0 Å². The molecule has 0 heteroatoms. The molecule has 0 saturated heterocycles. The number of rotatable bonds is 5. The second-order valence-corrected chi connectivity index (χ2v) is 4.72. The van der Waals surface area contributed by atoms with Gasteiger partial charge in [0.05, 0.1) is 0 Å². The lowest BCUT2D eigenvalue weighted by Gasteiger charge is -2.23. The van der Waals surface area contributed by atoms with Crippen LogP contribution in [0, 0.1) is 5.41 Å². The summed E-state index contributed by atoms with van der Waals surface area (Å²) < 4.78 is 0. The summed E-state index contributed by atoms with van der Waals surface area (Å²) in [4.78, 5) is 0. The Balaban J connectivity index is -0.000000245. The van der Waals surface area contributed by atoms with E-state index < -0.39 is 0 Å². The molecule has 0 unspecified atom stereocenters. The van der Waals surface area contributed by atoms with Crippen LogP contribution in [0.4, 0.5) is 0 Å². The smallest absolute Gasteiger partial charge is 0.0354 e. The lowest BCUT2D eigenvalue weighted by Crippen LogP contribution is -2.09. The minimum atomic E-state index is 0.602. The fourth-order valence-corrected chi connectivity index (χ4v) is 1.46. The Labute approximate surface area is 99.9 Å². The summed E-state index contributed by atoms with van der Waals surface area (Å²) in [5.74, 6) is 0. The molecule has 0 spiro atoms. The predicted molar refractivity (Wildman–Crippen MR) is 75.5 cm³/mol. The van der Waals surface area contributed by atoms with Gasteiger partial charge < -0.3 is 0 Å². The van der Waals surface area contributed by atoms with Crippen molar-refractivity contribution in [2.45, 2.75) is 93.9 Å². The Hall–Kier alpha value is 0. The van der Waals surface area contributed by atoms with Crippen LogP contribution < -0.4 is 0 Å². The van der Waals surface area contributed by atoms with Gasteiger partial charge in [-0.15, -0.1) is 0 Å². The second-order valence-electron chi connectivity index (χ2n) is 4.72. The van der Waals surface area contributed by atoms with Gasteiger partial charge in [-0.1, -0.05) is 81.1 Å². The van der Waals surface area contributed by atoms with E-state index in [0.717, 1.165) is 0 Å². The monoisotopic (exact) mass is 216 g/mol. The van der Waals surface area contributed by atoms with Crippen molar-refractivity contribution in [1.82, 2.24) is 0 Å². The molecule has 96 valence electrons. The zero-order chi connectivity index (χ0) is 12.7. The molecule has 0 N–H and O–H groups in total. The highest BCUT2D eigenvalue weighted by Crippen LogP contribution is 2.28. The maximum Gasteiger partial charge on any atom is -0.0354 e. The lowest BCUT2D eigenvalue weighted by molar-refractivity contribution is 0.295. The largest absolute Gasteiger partial charge is 0.0683 e. The first-order valence-corrected chi connectivity index (χ1v) is 7.04. The Morgan fingerprint density at radius 3 is 1.40 bits per heavy atom. The molecule has 0 aliphatic rings. The lowest BCUT2D eigenvalue weighted by atomic mass is 9.83. The first-order valence-electron chi connectivity index (χ1n) is 7.04. The van der Waals surface area contributed by atoms with Gasteiger partial charge in [-0.25, -0.2) is 0 Å². The average molecular weight is 216 g/mol. The van der Waals surface area contributed by atoms with Gasteiger partial charge in [-0.3, -0.25) is 0 Å². The van der Waals surface area contributed by atoms with Gasteiger partial charge in [0, 0.05) is 0 Å². The third-order valence-electron chi connectivity index (χ3n) is 2.13. The highest BCUT2D eigenvalue weighted by Gasteiger charge is 2.14. The van der Waals surface area contributed by atoms with E-state index in [9.17, 15) is 0 Å². The molecule has 0 fully saturated rings. The van der Waals surface area contributed by atoms with Crippen LogP contribution in [0.2, 0.25) is 0 Å². The normalized spacial score (nSPS) is 9.60. The minimum absolute atomic E-state index is 0.602. The van der Waals surface area contributed by atoms with Crippen molar-refractivity contribution in [3.8, 4) is 0 Å². The Morgan fingerprint density at radius 2 is 1.13 bits per heavy atom. The highest BCUT2D eigenvalue weighted by atomic mass is 14.2. The number of hydrogen-bond donors (Lipinski definition) is 0. The molecule has 0 bridgehead atoms. The van der Waals surface area contributed by atoms with Crippen LogP contribution in [0.3, 0.4) is 0 Å². The van der Waals surface area contributed by atoms with Crippen LogP contribution >= 0.6 is 0 Å². The van der Waals surface area contributed by atoms with Crippen LogP contribution in [-0.4, -0.2) is 0 Å². The van der Waals surface area contributed by atoms with E-state index in [0.29, 0.717) is 5.41 Å². The molecule has 0 aliphatic carbocycles. The van der Waals surface area contributed by atoms with Gasteiger partial charge in [-0.05, 0) is 18.3 Å². The van der Waals surface area contributed by atoms with Crippen molar-refractivity contribution in [3.05, 3.63) is 0 Å². The van der Waals surface area contributed by atoms with E-state index in [4.69, 9.17) is 0 Å². The van der Waals surface area contributed by atoms with Gasteiger partial charge in [0.2, 0.25) is 0 Å². The predicted octanol–water partition coefficient (Wildman–Crippen LogP) is 6.45. The maximum absolute atomic E-state index is 2.38. The maximum atomic E-state index is 2.38. The number of unbranched alkanes of at least 4 members (excludes halogenated alkanes) is 1. The summed E-state index contributed by atoms with van der Waals surface area (Å²) in [6, 6.07) is 0. The molecule has 0 radical (unpaired) electrons. The molecule has 0 aromatic heterocycles. The quantitative estimate of drug-likeness (QED) is 0.495. The summed E-state index contributed by atoms with van der Waals surface area (Å²) in [6.45, 7) is 17.5. The van der Waals surface area contributed by atoms with Crippen molar-refractivity contribution in [2.24, 2.45) is 5.41 Å². The van der Waals surface area contributed by atoms with Crippen molar-refractivity contribution in [3.63, 3.8) is 0 Å². The molecule has 0 amide bonds. The Bertz CT molecular complexity index is 82.0. The van der Waals surface area contributed by atoms with Gasteiger partial charge in [-0.2, -0.15) is 0 Å². The molecule has 0 atom stereocenters. The summed E-state index contributed by atoms with van der Waals surface area (Å²) in [5.41, 5.74) is 0.602. The molecule has 0 aliphatic heterocycles. The first-order chi connectivity index (χ1) is 7.04. The third-order valence-corrected chi connectivity index (χ3v) is 2.13. The topological polar surface area (TPSA) is 0 Å². The van der Waals surface area contributed by atoms with Crippen LogP contribution in [0.1, 0.15) is 93.9 Å². The summed E-state index contributed by atoms with van der Waals surface area (Å²) in [6.07, 6.45) is 8.10. The summed E-state index contributed by atoms with van der Waals surface area (Å²) in [7, 11) is 0. The van der Waals surface area contributed by atoms with Crippen molar-refractivity contribution < 1.29 is 0 Å². The summed E-state index contributed by atoms with van der Waals surface area (Å²) >= 11 is 0. The molecule has 0 aromatic carbocycles. The van der Waals surface area contributed by atoms with Crippen molar-refractivity contribution in [2.75, 3.05) is 0 Å². The zero-order valence-corrected chi connectivity index (χ0v) is 12.7. The van der Waals surface area contributed by atoms with Crippen molar-refractivity contribution >= 4 is 0 Å². The molecule has 0 saturated carbocycles. The zero-order valence-electron chi connectivity index (χ0n) is 12.7. The number of hydrogen-bond acceptors (Lipinski definition) is 0. The molecule has 15 heavy (non-hydrogen) atoms.